The molecule has 8 nitrogen and oxygen atoms in total. The van der Waals surface area contributed by atoms with E-state index in [0.29, 0.717) is 18.7 Å². The lowest BCUT2D eigenvalue weighted by Gasteiger charge is -2.42. The number of aliphatic hydroxyl groups excluding tert-OH is 2. The van der Waals surface area contributed by atoms with Crippen LogP contribution in [0.25, 0.3) is 0 Å². The van der Waals surface area contributed by atoms with Crippen LogP contribution in [0.4, 0.5) is 0 Å². The number of alkyl halides is 1. The molecule has 33 heavy (non-hydrogen) atoms. The number of rotatable bonds is 10. The third-order valence-electron chi connectivity index (χ3n) is 5.11. The van der Waals surface area contributed by atoms with Gasteiger partial charge < -0.3 is 29.2 Å². The highest BCUT2D eigenvalue weighted by Crippen LogP contribution is 2.28. The SMILES string of the molecule is O=C(O[C@@H]1[C@@H](OCCCCCl)O[C@H](CO)[C@@H](OC(=O)c2ccccc2)[C@@H]1O)c1ccccc1. The van der Waals surface area contributed by atoms with Crippen LogP contribution in [0, 0.1) is 0 Å². The molecule has 9 heteroatoms. The minimum absolute atomic E-state index is 0.232. The Bertz CT molecular complexity index is 879. The van der Waals surface area contributed by atoms with Gasteiger partial charge in [-0.25, -0.2) is 9.59 Å². The van der Waals surface area contributed by atoms with Gasteiger partial charge in [0.15, 0.2) is 18.5 Å². The van der Waals surface area contributed by atoms with E-state index in [2.05, 4.69) is 0 Å². The van der Waals surface area contributed by atoms with Gasteiger partial charge in [0.1, 0.15) is 12.2 Å². The van der Waals surface area contributed by atoms with Gasteiger partial charge in [0, 0.05) is 12.5 Å². The Balaban J connectivity index is 1.79. The highest BCUT2D eigenvalue weighted by Gasteiger charge is 2.50. The number of halogens is 1. The van der Waals surface area contributed by atoms with E-state index in [1.165, 1.54) is 0 Å². The third-order valence-corrected chi connectivity index (χ3v) is 5.38. The van der Waals surface area contributed by atoms with Crippen LogP contribution in [0.15, 0.2) is 60.7 Å². The van der Waals surface area contributed by atoms with Gasteiger partial charge in [-0.05, 0) is 37.1 Å². The molecule has 0 spiro atoms. The Morgan fingerprint density at radius 2 is 1.42 bits per heavy atom. The van der Waals surface area contributed by atoms with Crippen LogP contribution in [0.1, 0.15) is 33.6 Å². The van der Waals surface area contributed by atoms with Crippen molar-refractivity contribution in [3.05, 3.63) is 71.8 Å². The second-order valence-electron chi connectivity index (χ2n) is 7.45. The van der Waals surface area contributed by atoms with Crippen molar-refractivity contribution in [1.29, 1.82) is 0 Å². The zero-order valence-corrected chi connectivity index (χ0v) is 18.7. The number of benzene rings is 2. The molecule has 2 N–H and O–H groups in total. The van der Waals surface area contributed by atoms with Gasteiger partial charge in [-0.15, -0.1) is 11.6 Å². The molecule has 0 amide bonds. The lowest BCUT2D eigenvalue weighted by Crippen LogP contribution is -2.61. The number of hydrogen-bond acceptors (Lipinski definition) is 8. The number of hydrogen-bond donors (Lipinski definition) is 2. The lowest BCUT2D eigenvalue weighted by atomic mass is 9.98. The Kier molecular flexibility index (Phi) is 9.65. The molecule has 5 atom stereocenters. The van der Waals surface area contributed by atoms with Gasteiger partial charge >= 0.3 is 11.9 Å². The van der Waals surface area contributed by atoms with Crippen molar-refractivity contribution in [2.45, 2.75) is 43.5 Å². The molecule has 0 unspecified atom stereocenters. The molecule has 2 aromatic carbocycles. The van der Waals surface area contributed by atoms with Crippen LogP contribution >= 0.6 is 11.6 Å². The van der Waals surface area contributed by atoms with Crippen molar-refractivity contribution >= 4 is 23.5 Å². The molecule has 0 aromatic heterocycles. The molecule has 1 fully saturated rings. The van der Waals surface area contributed by atoms with Crippen LogP contribution in [0.5, 0.6) is 0 Å². The fourth-order valence-electron chi connectivity index (χ4n) is 3.37. The molecule has 1 heterocycles. The summed E-state index contributed by atoms with van der Waals surface area (Å²) in [6, 6.07) is 16.4. The lowest BCUT2D eigenvalue weighted by molar-refractivity contribution is -0.299. The standard InChI is InChI=1S/C24H27ClO8/c25-13-7-8-14-30-24-21(33-23(29)17-11-5-2-6-12-17)19(27)20(18(15-26)31-24)32-22(28)16-9-3-1-4-10-16/h1-6,9-12,18-21,24,26-27H,7-8,13-15H2/t18-,19+,20-,21+,24+/m1/s1. The molecule has 1 aliphatic heterocycles. The van der Waals surface area contributed by atoms with Crippen LogP contribution in [0.2, 0.25) is 0 Å². The van der Waals surface area contributed by atoms with Gasteiger partial charge in [-0.1, -0.05) is 36.4 Å². The predicted molar refractivity (Wildman–Crippen MR) is 119 cm³/mol. The van der Waals surface area contributed by atoms with E-state index < -0.39 is 49.3 Å². The van der Waals surface area contributed by atoms with Gasteiger partial charge in [-0.3, -0.25) is 0 Å². The summed E-state index contributed by atoms with van der Waals surface area (Å²) < 4.78 is 22.5. The van der Waals surface area contributed by atoms with Crippen molar-refractivity contribution in [3.63, 3.8) is 0 Å². The Labute approximate surface area is 197 Å². The third kappa shape index (κ3) is 6.75. The summed E-state index contributed by atoms with van der Waals surface area (Å²) in [7, 11) is 0. The minimum atomic E-state index is -1.51. The predicted octanol–water partition coefficient (Wildman–Crippen LogP) is 2.55. The zero-order valence-electron chi connectivity index (χ0n) is 17.9. The second-order valence-corrected chi connectivity index (χ2v) is 7.83. The molecule has 0 saturated carbocycles. The van der Waals surface area contributed by atoms with Crippen molar-refractivity contribution < 1.29 is 38.7 Å². The minimum Gasteiger partial charge on any atom is -0.453 e. The molecule has 1 aliphatic rings. The first-order valence-corrected chi connectivity index (χ1v) is 11.2. The molecule has 2 aromatic rings. The molecule has 3 rings (SSSR count). The Hall–Kier alpha value is -2.49. The largest absolute Gasteiger partial charge is 0.453 e. The molecule has 178 valence electrons. The van der Waals surface area contributed by atoms with E-state index in [4.69, 9.17) is 30.5 Å². The first kappa shape index (κ1) is 25.1. The fraction of sp³-hybridized carbons (Fsp3) is 0.417. The average Bonchev–Trinajstić information content (AvgIpc) is 2.86. The first-order chi connectivity index (χ1) is 16.0. The first-order valence-electron chi connectivity index (χ1n) is 10.7. The molecule has 0 bridgehead atoms. The van der Waals surface area contributed by atoms with Gasteiger partial charge in [-0.2, -0.15) is 0 Å². The zero-order chi connectivity index (χ0) is 23.6. The highest BCUT2D eigenvalue weighted by atomic mass is 35.5. The summed E-state index contributed by atoms with van der Waals surface area (Å²) in [5.41, 5.74) is 0.534. The van der Waals surface area contributed by atoms with Crippen LogP contribution in [-0.4, -0.2) is 72.0 Å². The maximum absolute atomic E-state index is 12.7. The molecule has 1 saturated heterocycles. The maximum atomic E-state index is 12.7. The van der Waals surface area contributed by atoms with Crippen LogP contribution < -0.4 is 0 Å². The Morgan fingerprint density at radius 1 is 0.879 bits per heavy atom. The molecule has 0 radical (unpaired) electrons. The van der Waals surface area contributed by atoms with Crippen molar-refractivity contribution in [2.75, 3.05) is 19.1 Å². The van der Waals surface area contributed by atoms with Gasteiger partial charge in [0.25, 0.3) is 0 Å². The topological polar surface area (TPSA) is 112 Å². The van der Waals surface area contributed by atoms with E-state index in [1.54, 1.807) is 60.7 Å². The van der Waals surface area contributed by atoms with Crippen LogP contribution in [0.3, 0.4) is 0 Å². The summed E-state index contributed by atoms with van der Waals surface area (Å²) in [6.45, 7) is -0.319. The smallest absolute Gasteiger partial charge is 0.338 e. The van der Waals surface area contributed by atoms with Crippen LogP contribution in [-0.2, 0) is 18.9 Å². The van der Waals surface area contributed by atoms with Gasteiger partial charge in [0.2, 0.25) is 0 Å². The number of carbonyl (C=O) groups excluding carboxylic acids is 2. The summed E-state index contributed by atoms with van der Waals surface area (Å²) in [5.74, 6) is -0.953. The summed E-state index contributed by atoms with van der Waals surface area (Å²) >= 11 is 5.70. The van der Waals surface area contributed by atoms with E-state index >= 15 is 0 Å². The average molecular weight is 479 g/mol. The van der Waals surface area contributed by atoms with Crippen molar-refractivity contribution in [1.82, 2.24) is 0 Å². The summed E-state index contributed by atoms with van der Waals surface area (Å²) in [4.78, 5) is 25.2. The van der Waals surface area contributed by atoms with E-state index in [-0.39, 0.29) is 17.7 Å². The second kappa shape index (κ2) is 12.7. The summed E-state index contributed by atoms with van der Waals surface area (Å²) in [6.07, 6.45) is -5.04. The van der Waals surface area contributed by atoms with E-state index in [0.717, 1.165) is 0 Å². The monoisotopic (exact) mass is 478 g/mol. The summed E-state index contributed by atoms with van der Waals surface area (Å²) in [5, 5.41) is 20.9. The van der Waals surface area contributed by atoms with Crippen molar-refractivity contribution in [2.24, 2.45) is 0 Å². The quantitative estimate of drug-likeness (QED) is 0.304. The molecular weight excluding hydrogens is 452 g/mol. The van der Waals surface area contributed by atoms with Crippen molar-refractivity contribution in [3.8, 4) is 0 Å². The molecular formula is C24H27ClO8. The highest BCUT2D eigenvalue weighted by molar-refractivity contribution is 6.17. The molecule has 0 aliphatic carbocycles. The number of unbranched alkanes of at least 4 members (excludes halogenated alkanes) is 1. The number of carbonyl (C=O) groups is 2. The number of aliphatic hydroxyl groups is 2. The van der Waals surface area contributed by atoms with E-state index in [9.17, 15) is 19.8 Å². The number of ether oxygens (including phenoxy) is 4. The Morgan fingerprint density at radius 3 is 1.94 bits per heavy atom. The fourth-order valence-corrected chi connectivity index (χ4v) is 3.56. The van der Waals surface area contributed by atoms with Gasteiger partial charge in [0.05, 0.1) is 17.7 Å². The maximum Gasteiger partial charge on any atom is 0.338 e. The van der Waals surface area contributed by atoms with E-state index in [1.807, 2.05) is 0 Å². The number of esters is 2. The normalized spacial score (nSPS) is 24.8.